The molecule has 2 atom stereocenters. The van der Waals surface area contributed by atoms with E-state index in [0.29, 0.717) is 37.7 Å². The zero-order chi connectivity index (χ0) is 17.8. The standard InChI is InChI=1S/C19H25NO5/c1-3-24-19(22)14-6-7-16-13(2)20(8-10-25-17(16)11-14)18(21)15-5-4-9-23-12-15/h6-7,11,13,15H,3-5,8-10,12H2,1-2H3/t13?,15-/m1/s1. The lowest BCUT2D eigenvalue weighted by Gasteiger charge is -2.32. The summed E-state index contributed by atoms with van der Waals surface area (Å²) < 4.78 is 16.3. The minimum absolute atomic E-state index is 0.0726. The number of carbonyl (C=O) groups excluding carboxylic acids is 2. The lowest BCUT2D eigenvalue weighted by molar-refractivity contribution is -0.142. The van der Waals surface area contributed by atoms with Gasteiger partial charge in [0, 0.05) is 12.2 Å². The van der Waals surface area contributed by atoms with Gasteiger partial charge in [-0.1, -0.05) is 6.07 Å². The van der Waals surface area contributed by atoms with Gasteiger partial charge in [0.2, 0.25) is 5.91 Å². The number of benzene rings is 1. The number of rotatable bonds is 3. The average Bonchev–Trinajstić information content (AvgIpc) is 2.80. The van der Waals surface area contributed by atoms with E-state index in [1.807, 2.05) is 17.9 Å². The molecule has 1 amide bonds. The summed E-state index contributed by atoms with van der Waals surface area (Å²) in [5, 5.41) is 0. The first-order chi connectivity index (χ1) is 12.1. The number of nitrogens with zero attached hydrogens (tertiary/aromatic N) is 1. The predicted octanol–water partition coefficient (Wildman–Crippen LogP) is 2.57. The Labute approximate surface area is 148 Å². The van der Waals surface area contributed by atoms with Crippen LogP contribution in [0.4, 0.5) is 0 Å². The molecular weight excluding hydrogens is 322 g/mol. The molecule has 1 fully saturated rings. The van der Waals surface area contributed by atoms with Crippen LogP contribution in [-0.2, 0) is 14.3 Å². The van der Waals surface area contributed by atoms with Crippen LogP contribution >= 0.6 is 0 Å². The van der Waals surface area contributed by atoms with Crippen LogP contribution in [0.15, 0.2) is 18.2 Å². The van der Waals surface area contributed by atoms with Crippen LogP contribution in [-0.4, -0.2) is 49.7 Å². The Morgan fingerprint density at radius 1 is 1.32 bits per heavy atom. The molecule has 3 rings (SSSR count). The molecule has 0 saturated carbocycles. The number of carbonyl (C=O) groups is 2. The monoisotopic (exact) mass is 347 g/mol. The maximum atomic E-state index is 12.9. The molecule has 1 aromatic carbocycles. The Balaban J connectivity index is 1.81. The first-order valence-electron chi connectivity index (χ1n) is 8.94. The molecule has 0 N–H and O–H groups in total. The Hall–Kier alpha value is -2.08. The van der Waals surface area contributed by atoms with Crippen LogP contribution in [0.25, 0.3) is 0 Å². The molecule has 1 saturated heterocycles. The van der Waals surface area contributed by atoms with E-state index in [1.165, 1.54) is 0 Å². The molecule has 1 unspecified atom stereocenters. The average molecular weight is 347 g/mol. The first kappa shape index (κ1) is 17.7. The van der Waals surface area contributed by atoms with Gasteiger partial charge in [0.25, 0.3) is 0 Å². The molecule has 1 aromatic rings. The highest BCUT2D eigenvalue weighted by Gasteiger charge is 2.32. The molecular formula is C19H25NO5. The Morgan fingerprint density at radius 2 is 2.16 bits per heavy atom. The van der Waals surface area contributed by atoms with E-state index in [9.17, 15) is 9.59 Å². The topological polar surface area (TPSA) is 65.1 Å². The smallest absolute Gasteiger partial charge is 0.338 e. The number of fused-ring (bicyclic) bond motifs is 1. The van der Waals surface area contributed by atoms with E-state index >= 15 is 0 Å². The van der Waals surface area contributed by atoms with E-state index in [1.54, 1.807) is 19.1 Å². The largest absolute Gasteiger partial charge is 0.491 e. The highest BCUT2D eigenvalue weighted by Crippen LogP contribution is 2.34. The van der Waals surface area contributed by atoms with E-state index in [-0.39, 0.29) is 23.8 Å². The molecule has 6 nitrogen and oxygen atoms in total. The zero-order valence-electron chi connectivity index (χ0n) is 14.8. The van der Waals surface area contributed by atoms with E-state index < -0.39 is 0 Å². The highest BCUT2D eigenvalue weighted by atomic mass is 16.5. The molecule has 0 spiro atoms. The van der Waals surface area contributed by atoms with E-state index in [0.717, 1.165) is 25.0 Å². The van der Waals surface area contributed by atoms with E-state index in [4.69, 9.17) is 14.2 Å². The summed E-state index contributed by atoms with van der Waals surface area (Å²) in [4.78, 5) is 26.7. The van der Waals surface area contributed by atoms with Gasteiger partial charge in [-0.15, -0.1) is 0 Å². The second-order valence-electron chi connectivity index (χ2n) is 6.44. The van der Waals surface area contributed by atoms with Crippen molar-refractivity contribution in [1.29, 1.82) is 0 Å². The predicted molar refractivity (Wildman–Crippen MR) is 91.6 cm³/mol. The van der Waals surface area contributed by atoms with Crippen LogP contribution in [0, 0.1) is 5.92 Å². The van der Waals surface area contributed by atoms with Gasteiger partial charge in [-0.3, -0.25) is 4.79 Å². The lowest BCUT2D eigenvalue weighted by atomic mass is 9.98. The molecule has 0 bridgehead atoms. The summed E-state index contributed by atoms with van der Waals surface area (Å²) in [6.07, 6.45) is 1.80. The molecule has 2 aliphatic heterocycles. The minimum atomic E-state index is -0.363. The number of hydrogen-bond acceptors (Lipinski definition) is 5. The molecule has 2 aliphatic rings. The number of hydrogen-bond donors (Lipinski definition) is 0. The molecule has 0 aromatic heterocycles. The van der Waals surface area contributed by atoms with Crippen molar-refractivity contribution in [3.63, 3.8) is 0 Å². The van der Waals surface area contributed by atoms with Crippen molar-refractivity contribution in [2.45, 2.75) is 32.7 Å². The van der Waals surface area contributed by atoms with Crippen molar-refractivity contribution >= 4 is 11.9 Å². The fourth-order valence-electron chi connectivity index (χ4n) is 3.43. The molecule has 2 heterocycles. The quantitative estimate of drug-likeness (QED) is 0.786. The van der Waals surface area contributed by atoms with Gasteiger partial charge in [0.05, 0.1) is 37.3 Å². The molecule has 25 heavy (non-hydrogen) atoms. The molecule has 0 aliphatic carbocycles. The molecule has 136 valence electrons. The van der Waals surface area contributed by atoms with Crippen LogP contribution in [0.5, 0.6) is 5.75 Å². The minimum Gasteiger partial charge on any atom is -0.491 e. The third-order valence-electron chi connectivity index (χ3n) is 4.82. The summed E-state index contributed by atoms with van der Waals surface area (Å²) in [5.74, 6) is 0.334. The van der Waals surface area contributed by atoms with Gasteiger partial charge < -0.3 is 19.1 Å². The Kier molecular flexibility index (Phi) is 5.58. The lowest BCUT2D eigenvalue weighted by Crippen LogP contribution is -2.41. The maximum Gasteiger partial charge on any atom is 0.338 e. The van der Waals surface area contributed by atoms with Crippen molar-refractivity contribution in [3.05, 3.63) is 29.3 Å². The van der Waals surface area contributed by atoms with Gasteiger partial charge in [0.1, 0.15) is 12.4 Å². The fraction of sp³-hybridized carbons (Fsp3) is 0.579. The maximum absolute atomic E-state index is 12.9. The van der Waals surface area contributed by atoms with Crippen molar-refractivity contribution in [1.82, 2.24) is 4.90 Å². The van der Waals surface area contributed by atoms with E-state index in [2.05, 4.69) is 0 Å². The van der Waals surface area contributed by atoms with Crippen LogP contribution < -0.4 is 4.74 Å². The number of amides is 1. The van der Waals surface area contributed by atoms with Crippen LogP contribution in [0.3, 0.4) is 0 Å². The second-order valence-corrected chi connectivity index (χ2v) is 6.44. The third-order valence-corrected chi connectivity index (χ3v) is 4.82. The third kappa shape index (κ3) is 3.79. The fourth-order valence-corrected chi connectivity index (χ4v) is 3.43. The summed E-state index contributed by atoms with van der Waals surface area (Å²) in [6, 6.07) is 5.19. The molecule has 6 heteroatoms. The zero-order valence-corrected chi connectivity index (χ0v) is 14.8. The summed E-state index contributed by atoms with van der Waals surface area (Å²) >= 11 is 0. The number of esters is 1. The van der Waals surface area contributed by atoms with Crippen LogP contribution in [0.1, 0.15) is 48.7 Å². The van der Waals surface area contributed by atoms with Gasteiger partial charge >= 0.3 is 5.97 Å². The van der Waals surface area contributed by atoms with Crippen molar-refractivity contribution in [2.75, 3.05) is 33.0 Å². The second kappa shape index (κ2) is 7.87. The normalized spacial score (nSPS) is 23.2. The van der Waals surface area contributed by atoms with Gasteiger partial charge in [-0.25, -0.2) is 4.79 Å². The Morgan fingerprint density at radius 3 is 2.88 bits per heavy atom. The summed E-state index contributed by atoms with van der Waals surface area (Å²) in [5.41, 5.74) is 1.38. The van der Waals surface area contributed by atoms with Crippen molar-refractivity contribution in [2.24, 2.45) is 5.92 Å². The SMILES string of the molecule is CCOC(=O)c1ccc2c(c1)OCCN(C(=O)[C@@H]1CCCOC1)C2C. The van der Waals surface area contributed by atoms with Gasteiger partial charge in [-0.2, -0.15) is 0 Å². The van der Waals surface area contributed by atoms with Crippen molar-refractivity contribution < 1.29 is 23.8 Å². The summed E-state index contributed by atoms with van der Waals surface area (Å²) in [7, 11) is 0. The van der Waals surface area contributed by atoms with Crippen LogP contribution in [0.2, 0.25) is 0 Å². The number of ether oxygens (including phenoxy) is 3. The van der Waals surface area contributed by atoms with Gasteiger partial charge in [0.15, 0.2) is 0 Å². The van der Waals surface area contributed by atoms with Gasteiger partial charge in [-0.05, 0) is 38.8 Å². The highest BCUT2D eigenvalue weighted by molar-refractivity contribution is 5.90. The Bertz CT molecular complexity index is 639. The first-order valence-corrected chi connectivity index (χ1v) is 8.94. The molecule has 0 radical (unpaired) electrons. The summed E-state index contributed by atoms with van der Waals surface area (Å²) in [6.45, 7) is 6.28. The van der Waals surface area contributed by atoms with Crippen molar-refractivity contribution in [3.8, 4) is 5.75 Å².